The summed E-state index contributed by atoms with van der Waals surface area (Å²) in [6, 6.07) is 8.80. The quantitative estimate of drug-likeness (QED) is 0.843. The van der Waals surface area contributed by atoms with Crippen LogP contribution in [0.25, 0.3) is 0 Å². The topological polar surface area (TPSA) is 32.3 Å². The minimum atomic E-state index is 0.248. The lowest BCUT2D eigenvalue weighted by atomic mass is 10.1. The van der Waals surface area contributed by atoms with Gasteiger partial charge in [0.05, 0.1) is 0 Å². The molecule has 3 heteroatoms. The zero-order valence-electron chi connectivity index (χ0n) is 12.0. The van der Waals surface area contributed by atoms with E-state index < -0.39 is 0 Å². The second-order valence-electron chi connectivity index (χ2n) is 5.23. The molecule has 1 atom stereocenters. The molecule has 1 aromatic rings. The monoisotopic (exact) mass is 260 g/mol. The number of nitrogens with zero attached hydrogens (tertiary/aromatic N) is 1. The van der Waals surface area contributed by atoms with Crippen LogP contribution in [0.4, 0.5) is 11.4 Å². The van der Waals surface area contributed by atoms with Crippen LogP contribution in [0.1, 0.15) is 46.0 Å². The van der Waals surface area contributed by atoms with Gasteiger partial charge in [-0.3, -0.25) is 4.79 Å². The maximum atomic E-state index is 11.7. The summed E-state index contributed by atoms with van der Waals surface area (Å²) in [5.41, 5.74) is 2.17. The maximum Gasteiger partial charge on any atom is 0.227 e. The van der Waals surface area contributed by atoms with E-state index >= 15 is 0 Å². The third-order valence-corrected chi connectivity index (χ3v) is 3.75. The van der Waals surface area contributed by atoms with Crippen molar-refractivity contribution in [1.29, 1.82) is 0 Å². The number of hydrogen-bond donors (Lipinski definition) is 1. The zero-order chi connectivity index (χ0) is 13.7. The summed E-state index contributed by atoms with van der Waals surface area (Å²) in [5.74, 6) is 0.248. The van der Waals surface area contributed by atoms with Gasteiger partial charge in [-0.25, -0.2) is 0 Å². The minimum Gasteiger partial charge on any atom is -0.382 e. The molecule has 0 radical (unpaired) electrons. The standard InChI is InChI=1S/C16H24N2O/c1-3-6-13(4-2)17-14-8-10-15(11-9-14)18-12-5-7-16(18)19/h8-11,13,17H,3-7,12H2,1-2H3. The Bertz CT molecular complexity index is 413. The Balaban J connectivity index is 1.99. The van der Waals surface area contributed by atoms with Crippen LogP contribution < -0.4 is 10.2 Å². The normalized spacial score (nSPS) is 16.7. The highest BCUT2D eigenvalue weighted by Gasteiger charge is 2.21. The fourth-order valence-corrected chi connectivity index (χ4v) is 2.62. The average molecular weight is 260 g/mol. The van der Waals surface area contributed by atoms with Crippen molar-refractivity contribution in [3.05, 3.63) is 24.3 Å². The Kier molecular flexibility index (Phi) is 4.83. The van der Waals surface area contributed by atoms with E-state index in [0.29, 0.717) is 12.5 Å². The smallest absolute Gasteiger partial charge is 0.227 e. The summed E-state index contributed by atoms with van der Waals surface area (Å²) in [5, 5.41) is 3.56. The number of nitrogens with one attached hydrogen (secondary N) is 1. The van der Waals surface area contributed by atoms with Crippen molar-refractivity contribution < 1.29 is 4.79 Å². The summed E-state index contributed by atoms with van der Waals surface area (Å²) < 4.78 is 0. The molecule has 0 saturated carbocycles. The van der Waals surface area contributed by atoms with Gasteiger partial charge < -0.3 is 10.2 Å². The lowest BCUT2D eigenvalue weighted by molar-refractivity contribution is -0.117. The van der Waals surface area contributed by atoms with Crippen LogP contribution in [0.5, 0.6) is 0 Å². The summed E-state index contributed by atoms with van der Waals surface area (Å²) in [7, 11) is 0. The van der Waals surface area contributed by atoms with Crippen LogP contribution in [0.15, 0.2) is 24.3 Å². The van der Waals surface area contributed by atoms with Gasteiger partial charge in [0.2, 0.25) is 5.91 Å². The number of carbonyl (C=O) groups excluding carboxylic acids is 1. The molecule has 0 aliphatic carbocycles. The van der Waals surface area contributed by atoms with E-state index in [1.54, 1.807) is 0 Å². The van der Waals surface area contributed by atoms with Crippen molar-refractivity contribution in [3.63, 3.8) is 0 Å². The molecular formula is C16H24N2O. The first-order chi connectivity index (χ1) is 9.24. The molecule has 3 nitrogen and oxygen atoms in total. The molecule has 0 bridgehead atoms. The molecule has 1 fully saturated rings. The van der Waals surface area contributed by atoms with E-state index in [1.807, 2.05) is 17.0 Å². The van der Waals surface area contributed by atoms with Crippen molar-refractivity contribution >= 4 is 17.3 Å². The average Bonchev–Trinajstić information content (AvgIpc) is 2.85. The summed E-state index contributed by atoms with van der Waals surface area (Å²) in [4.78, 5) is 13.6. The first-order valence-corrected chi connectivity index (χ1v) is 7.41. The Hall–Kier alpha value is -1.51. The van der Waals surface area contributed by atoms with E-state index in [9.17, 15) is 4.79 Å². The molecule has 1 aromatic carbocycles. The van der Waals surface area contributed by atoms with Crippen LogP contribution in [-0.2, 0) is 4.79 Å². The summed E-state index contributed by atoms with van der Waals surface area (Å²) >= 11 is 0. The number of carbonyl (C=O) groups is 1. The number of amides is 1. The Morgan fingerprint density at radius 3 is 2.53 bits per heavy atom. The molecule has 1 N–H and O–H groups in total. The Labute approximate surface area is 116 Å². The third-order valence-electron chi connectivity index (χ3n) is 3.75. The number of rotatable bonds is 6. The second-order valence-corrected chi connectivity index (χ2v) is 5.23. The molecule has 1 heterocycles. The van der Waals surface area contributed by atoms with E-state index in [1.165, 1.54) is 12.8 Å². The largest absolute Gasteiger partial charge is 0.382 e. The van der Waals surface area contributed by atoms with Gasteiger partial charge in [-0.2, -0.15) is 0 Å². The fraction of sp³-hybridized carbons (Fsp3) is 0.562. The Morgan fingerprint density at radius 1 is 1.26 bits per heavy atom. The Morgan fingerprint density at radius 2 is 2.00 bits per heavy atom. The molecular weight excluding hydrogens is 236 g/mol. The van der Waals surface area contributed by atoms with Gasteiger partial charge >= 0.3 is 0 Å². The SMILES string of the molecule is CCCC(CC)Nc1ccc(N2CCCC2=O)cc1. The van der Waals surface area contributed by atoms with Gasteiger partial charge in [0.1, 0.15) is 0 Å². The second kappa shape index (κ2) is 6.60. The van der Waals surface area contributed by atoms with Gasteiger partial charge in [0, 0.05) is 30.4 Å². The number of hydrogen-bond acceptors (Lipinski definition) is 2. The molecule has 19 heavy (non-hydrogen) atoms. The van der Waals surface area contributed by atoms with Gasteiger partial charge in [0.25, 0.3) is 0 Å². The molecule has 2 rings (SSSR count). The molecule has 1 aliphatic rings. The van der Waals surface area contributed by atoms with Gasteiger partial charge in [-0.05, 0) is 43.5 Å². The predicted octanol–water partition coefficient (Wildman–Crippen LogP) is 3.80. The predicted molar refractivity (Wildman–Crippen MR) is 80.6 cm³/mol. The van der Waals surface area contributed by atoms with Gasteiger partial charge in [-0.1, -0.05) is 20.3 Å². The third kappa shape index (κ3) is 3.49. The molecule has 1 amide bonds. The highest BCUT2D eigenvalue weighted by Crippen LogP contribution is 2.23. The van der Waals surface area contributed by atoms with Crippen LogP contribution in [0.3, 0.4) is 0 Å². The van der Waals surface area contributed by atoms with Gasteiger partial charge in [0.15, 0.2) is 0 Å². The van der Waals surface area contributed by atoms with E-state index in [4.69, 9.17) is 0 Å². The number of benzene rings is 1. The molecule has 0 aromatic heterocycles. The van der Waals surface area contributed by atoms with E-state index in [2.05, 4.69) is 31.3 Å². The molecule has 1 saturated heterocycles. The maximum absolute atomic E-state index is 11.7. The highest BCUT2D eigenvalue weighted by molar-refractivity contribution is 5.95. The van der Waals surface area contributed by atoms with Crippen molar-refractivity contribution in [2.45, 2.75) is 52.0 Å². The van der Waals surface area contributed by atoms with Crippen LogP contribution in [0, 0.1) is 0 Å². The fourth-order valence-electron chi connectivity index (χ4n) is 2.62. The van der Waals surface area contributed by atoms with Crippen LogP contribution >= 0.6 is 0 Å². The van der Waals surface area contributed by atoms with E-state index in [0.717, 1.165) is 30.8 Å². The molecule has 0 spiro atoms. The lowest BCUT2D eigenvalue weighted by Crippen LogP contribution is -2.23. The van der Waals surface area contributed by atoms with Crippen molar-refractivity contribution in [2.24, 2.45) is 0 Å². The van der Waals surface area contributed by atoms with Crippen molar-refractivity contribution in [2.75, 3.05) is 16.8 Å². The molecule has 1 unspecified atom stereocenters. The highest BCUT2D eigenvalue weighted by atomic mass is 16.2. The van der Waals surface area contributed by atoms with Crippen LogP contribution in [-0.4, -0.2) is 18.5 Å². The number of anilines is 2. The van der Waals surface area contributed by atoms with Crippen molar-refractivity contribution in [3.8, 4) is 0 Å². The van der Waals surface area contributed by atoms with Crippen LogP contribution in [0.2, 0.25) is 0 Å². The minimum absolute atomic E-state index is 0.248. The first-order valence-electron chi connectivity index (χ1n) is 7.41. The zero-order valence-corrected chi connectivity index (χ0v) is 12.0. The first kappa shape index (κ1) is 13.9. The summed E-state index contributed by atoms with van der Waals surface area (Å²) in [6.45, 7) is 5.29. The lowest BCUT2D eigenvalue weighted by Gasteiger charge is -2.19. The van der Waals surface area contributed by atoms with Crippen molar-refractivity contribution in [1.82, 2.24) is 0 Å². The van der Waals surface area contributed by atoms with E-state index in [-0.39, 0.29) is 5.91 Å². The molecule has 1 aliphatic heterocycles. The summed E-state index contributed by atoms with van der Waals surface area (Å²) in [6.07, 6.45) is 5.20. The molecule has 104 valence electrons. The van der Waals surface area contributed by atoms with Gasteiger partial charge in [-0.15, -0.1) is 0 Å².